The highest BCUT2D eigenvalue weighted by Crippen LogP contribution is 2.11. The van der Waals surface area contributed by atoms with E-state index in [2.05, 4.69) is 25.7 Å². The van der Waals surface area contributed by atoms with Crippen molar-refractivity contribution in [3.05, 3.63) is 36.0 Å². The van der Waals surface area contributed by atoms with Gasteiger partial charge in [-0.2, -0.15) is 0 Å². The Hall–Kier alpha value is -1.84. The lowest BCUT2D eigenvalue weighted by molar-refractivity contribution is -0.133. The van der Waals surface area contributed by atoms with Gasteiger partial charge in [0.05, 0.1) is 0 Å². The summed E-state index contributed by atoms with van der Waals surface area (Å²) in [6, 6.07) is 0. The second kappa shape index (κ2) is 23.4. The maximum atomic E-state index is 10.6. The summed E-state index contributed by atoms with van der Waals surface area (Å²) in [5.41, 5.74) is 0.651. The summed E-state index contributed by atoms with van der Waals surface area (Å²) in [7, 11) is 0. The van der Waals surface area contributed by atoms with Gasteiger partial charge in [-0.3, -0.25) is 0 Å². The average molecular weight is 423 g/mol. The molecular formula is C26H46O4. The van der Waals surface area contributed by atoms with Crippen molar-refractivity contribution < 1.29 is 19.8 Å². The van der Waals surface area contributed by atoms with Gasteiger partial charge in [0.2, 0.25) is 0 Å². The van der Waals surface area contributed by atoms with Gasteiger partial charge < -0.3 is 10.2 Å². The number of rotatable bonds is 18. The van der Waals surface area contributed by atoms with Crippen LogP contribution in [0.3, 0.4) is 0 Å². The summed E-state index contributed by atoms with van der Waals surface area (Å²) in [6.45, 7) is 8.54. The number of hydrogen-bond acceptors (Lipinski definition) is 2. The molecule has 0 saturated heterocycles. The van der Waals surface area contributed by atoms with E-state index in [1.165, 1.54) is 90.4 Å². The fourth-order valence-electron chi connectivity index (χ4n) is 2.80. The minimum atomic E-state index is -0.935. The second-order valence-corrected chi connectivity index (χ2v) is 8.00. The van der Waals surface area contributed by atoms with Crippen LogP contribution in [0.1, 0.15) is 117 Å². The fourth-order valence-corrected chi connectivity index (χ4v) is 2.80. The van der Waals surface area contributed by atoms with Crippen LogP contribution in [0.2, 0.25) is 0 Å². The van der Waals surface area contributed by atoms with Gasteiger partial charge in [-0.1, -0.05) is 89.5 Å². The smallest absolute Gasteiger partial charge is 0.330 e. The summed E-state index contributed by atoms with van der Waals surface area (Å²) in [6.07, 6.45) is 25.8. The van der Waals surface area contributed by atoms with Crippen LogP contribution in [-0.4, -0.2) is 22.2 Å². The third kappa shape index (κ3) is 26.2. The monoisotopic (exact) mass is 422 g/mol. The molecule has 0 bridgehead atoms. The van der Waals surface area contributed by atoms with Crippen LogP contribution in [-0.2, 0) is 9.59 Å². The van der Waals surface area contributed by atoms with E-state index >= 15 is 0 Å². The minimum Gasteiger partial charge on any atom is -0.478 e. The minimum absolute atomic E-state index is 0.176. The molecule has 0 amide bonds. The lowest BCUT2D eigenvalue weighted by Crippen LogP contribution is -1.95. The number of carboxylic acid groups (broad SMARTS) is 2. The van der Waals surface area contributed by atoms with Crippen LogP contribution in [0.5, 0.6) is 0 Å². The van der Waals surface area contributed by atoms with E-state index in [1.54, 1.807) is 6.92 Å². The van der Waals surface area contributed by atoms with Gasteiger partial charge in [-0.25, -0.2) is 9.59 Å². The van der Waals surface area contributed by atoms with Crippen LogP contribution in [0.25, 0.3) is 0 Å². The van der Waals surface area contributed by atoms with Crippen LogP contribution in [0, 0.1) is 0 Å². The normalized spacial score (nSPS) is 11.2. The van der Waals surface area contributed by atoms with E-state index in [0.29, 0.717) is 5.57 Å². The van der Waals surface area contributed by atoms with Gasteiger partial charge in [0, 0.05) is 11.1 Å². The molecule has 0 aromatic carbocycles. The van der Waals surface area contributed by atoms with E-state index in [9.17, 15) is 9.59 Å². The molecule has 30 heavy (non-hydrogen) atoms. The Balaban J connectivity index is 0. The first kappa shape index (κ1) is 30.4. The van der Waals surface area contributed by atoms with Crippen molar-refractivity contribution >= 4 is 11.9 Å². The van der Waals surface area contributed by atoms with E-state index < -0.39 is 11.9 Å². The Labute approximate surface area is 185 Å². The Morgan fingerprint density at radius 3 is 1.40 bits per heavy atom. The van der Waals surface area contributed by atoms with Crippen molar-refractivity contribution in [2.24, 2.45) is 0 Å². The summed E-state index contributed by atoms with van der Waals surface area (Å²) in [5.74, 6) is -1.73. The Kier molecular flexibility index (Phi) is 23.7. The van der Waals surface area contributed by atoms with Crippen LogP contribution >= 0.6 is 0 Å². The molecule has 0 saturated carbocycles. The predicted molar refractivity (Wildman–Crippen MR) is 128 cm³/mol. The molecule has 0 atom stereocenters. The van der Waals surface area contributed by atoms with Crippen LogP contribution in [0.4, 0.5) is 0 Å². The molecule has 0 fully saturated rings. The molecule has 2 N–H and O–H groups in total. The van der Waals surface area contributed by atoms with Crippen molar-refractivity contribution in [1.82, 2.24) is 0 Å². The maximum Gasteiger partial charge on any atom is 0.330 e. The molecular weight excluding hydrogens is 376 g/mol. The summed E-state index contributed by atoms with van der Waals surface area (Å²) < 4.78 is 0. The van der Waals surface area contributed by atoms with Crippen molar-refractivity contribution in [2.45, 2.75) is 117 Å². The molecule has 0 aliphatic carbocycles. The first-order valence-electron chi connectivity index (χ1n) is 11.8. The molecule has 0 spiro atoms. The maximum absolute atomic E-state index is 10.6. The van der Waals surface area contributed by atoms with Gasteiger partial charge in [0.15, 0.2) is 0 Å². The largest absolute Gasteiger partial charge is 0.478 e. The van der Waals surface area contributed by atoms with Gasteiger partial charge in [-0.15, -0.1) is 0 Å². The van der Waals surface area contributed by atoms with E-state index in [1.807, 2.05) is 6.08 Å². The molecule has 0 radical (unpaired) electrons. The standard InChI is InChI=1S/C22H40O2.C4H6O2/c1-3-4-5-6-7-8-9-10-11-12-13-14-15-16-17-18-19-20-21(2)22(23)24;1-3(2)4(5)6/h10-11,20H,3-9,12-19H2,1-2H3,(H,23,24);1H2,2H3,(H,5,6)/b11-10-,21-20?;. The van der Waals surface area contributed by atoms with Gasteiger partial charge in [-0.05, 0) is 52.4 Å². The van der Waals surface area contributed by atoms with E-state index in [-0.39, 0.29) is 5.57 Å². The van der Waals surface area contributed by atoms with Gasteiger partial charge >= 0.3 is 11.9 Å². The number of carbonyl (C=O) groups is 2. The topological polar surface area (TPSA) is 74.6 Å². The summed E-state index contributed by atoms with van der Waals surface area (Å²) in [5, 5.41) is 16.6. The summed E-state index contributed by atoms with van der Waals surface area (Å²) in [4.78, 5) is 20.2. The molecule has 0 heterocycles. The molecule has 0 aromatic rings. The molecule has 0 rings (SSSR count). The first-order chi connectivity index (χ1) is 14.3. The Morgan fingerprint density at radius 1 is 0.667 bits per heavy atom. The number of carboxylic acids is 2. The van der Waals surface area contributed by atoms with Gasteiger partial charge in [0.1, 0.15) is 0 Å². The summed E-state index contributed by atoms with van der Waals surface area (Å²) >= 11 is 0. The number of unbranched alkanes of at least 4 members (excludes halogenated alkanes) is 13. The molecule has 0 unspecified atom stereocenters. The lowest BCUT2D eigenvalue weighted by Gasteiger charge is -2.00. The highest BCUT2D eigenvalue weighted by Gasteiger charge is 1.97. The fraction of sp³-hybridized carbons (Fsp3) is 0.692. The lowest BCUT2D eigenvalue weighted by atomic mass is 10.1. The van der Waals surface area contributed by atoms with E-state index in [4.69, 9.17) is 10.2 Å². The first-order valence-corrected chi connectivity index (χ1v) is 11.8. The highest BCUT2D eigenvalue weighted by molar-refractivity contribution is 5.85. The number of hydrogen-bond donors (Lipinski definition) is 2. The molecule has 0 aliphatic rings. The van der Waals surface area contributed by atoms with Crippen molar-refractivity contribution in [3.63, 3.8) is 0 Å². The zero-order chi connectivity index (χ0) is 23.0. The van der Waals surface area contributed by atoms with Gasteiger partial charge in [0.25, 0.3) is 0 Å². The third-order valence-corrected chi connectivity index (χ3v) is 4.87. The Bertz CT molecular complexity index is 491. The molecule has 4 heteroatoms. The molecule has 0 aliphatic heterocycles. The SMILES string of the molecule is C=C(C)C(=O)O.CCCCCCCC/C=C\CCCCCCCCC=C(C)C(=O)O. The molecule has 0 aromatic heterocycles. The van der Waals surface area contributed by atoms with Crippen LogP contribution < -0.4 is 0 Å². The van der Waals surface area contributed by atoms with Crippen molar-refractivity contribution in [3.8, 4) is 0 Å². The van der Waals surface area contributed by atoms with Crippen LogP contribution in [0.15, 0.2) is 36.0 Å². The zero-order valence-electron chi connectivity index (χ0n) is 19.8. The van der Waals surface area contributed by atoms with Crippen molar-refractivity contribution in [1.29, 1.82) is 0 Å². The third-order valence-electron chi connectivity index (χ3n) is 4.87. The quantitative estimate of drug-likeness (QED) is 0.133. The second-order valence-electron chi connectivity index (χ2n) is 8.00. The predicted octanol–water partition coefficient (Wildman–Crippen LogP) is 8.09. The van der Waals surface area contributed by atoms with Crippen molar-refractivity contribution in [2.75, 3.05) is 0 Å². The van der Waals surface area contributed by atoms with E-state index in [0.717, 1.165) is 12.8 Å². The molecule has 174 valence electrons. The molecule has 4 nitrogen and oxygen atoms in total. The highest BCUT2D eigenvalue weighted by atomic mass is 16.4. The average Bonchev–Trinajstić information content (AvgIpc) is 2.70. The number of aliphatic carboxylic acids is 2. The Morgan fingerprint density at radius 2 is 1.03 bits per heavy atom. The number of allylic oxidation sites excluding steroid dienone is 3. The zero-order valence-corrected chi connectivity index (χ0v) is 19.8.